The molecule has 0 bridgehead atoms. The van der Waals surface area contributed by atoms with Crippen molar-refractivity contribution in [2.45, 2.75) is 41.5 Å². The van der Waals surface area contributed by atoms with Crippen LogP contribution in [-0.2, 0) is 0 Å². The standard InChI is InChI=1S/C12H23IN2S/c1-16-12(13,14-8-4-2-5-9-14)15-10-6-3-7-11-15/h2-11H2,1H3. The van der Waals surface area contributed by atoms with Gasteiger partial charge in [-0.2, -0.15) is 0 Å². The van der Waals surface area contributed by atoms with E-state index in [0.717, 1.165) is 0 Å². The van der Waals surface area contributed by atoms with Gasteiger partial charge < -0.3 is 0 Å². The molecule has 0 aromatic heterocycles. The molecule has 2 aliphatic rings. The first-order valence-corrected chi connectivity index (χ1v) is 8.82. The van der Waals surface area contributed by atoms with Gasteiger partial charge in [-0.25, -0.2) is 0 Å². The van der Waals surface area contributed by atoms with Crippen LogP contribution in [0, 0.1) is 0 Å². The van der Waals surface area contributed by atoms with Gasteiger partial charge in [0.05, 0.1) is 0 Å². The maximum Gasteiger partial charge on any atom is 0.175 e. The molecular weight excluding hydrogens is 331 g/mol. The van der Waals surface area contributed by atoms with Gasteiger partial charge in [-0.1, -0.05) is 12.8 Å². The van der Waals surface area contributed by atoms with Gasteiger partial charge in [0.25, 0.3) is 0 Å². The second-order valence-electron chi connectivity index (χ2n) is 4.83. The second kappa shape index (κ2) is 6.25. The molecule has 2 saturated heterocycles. The average molecular weight is 354 g/mol. The van der Waals surface area contributed by atoms with Crippen LogP contribution >= 0.6 is 34.4 Å². The molecule has 0 N–H and O–H groups in total. The molecule has 0 aromatic rings. The quantitative estimate of drug-likeness (QED) is 0.436. The molecule has 16 heavy (non-hydrogen) atoms. The molecule has 2 nitrogen and oxygen atoms in total. The summed E-state index contributed by atoms with van der Waals surface area (Å²) in [5.74, 6) is 0. The Hall–Kier alpha value is 1.00. The lowest BCUT2D eigenvalue weighted by molar-refractivity contribution is 0.0628. The Labute approximate surface area is 118 Å². The zero-order valence-electron chi connectivity index (χ0n) is 10.3. The predicted octanol–water partition coefficient (Wildman–Crippen LogP) is 3.37. The van der Waals surface area contributed by atoms with Crippen LogP contribution in [0.1, 0.15) is 38.5 Å². The Morgan fingerprint density at radius 2 is 1.19 bits per heavy atom. The summed E-state index contributed by atoms with van der Waals surface area (Å²) in [5.41, 5.74) is 0. The van der Waals surface area contributed by atoms with Gasteiger partial charge >= 0.3 is 0 Å². The van der Waals surface area contributed by atoms with Gasteiger partial charge in [-0.15, -0.1) is 11.8 Å². The van der Waals surface area contributed by atoms with Crippen LogP contribution in [0.2, 0.25) is 0 Å². The maximum atomic E-state index is 2.70. The molecule has 0 aliphatic carbocycles. The van der Waals surface area contributed by atoms with Crippen LogP contribution in [-0.4, -0.2) is 45.2 Å². The van der Waals surface area contributed by atoms with Gasteiger partial charge in [0, 0.05) is 26.2 Å². The number of piperidine rings is 2. The van der Waals surface area contributed by atoms with Crippen molar-refractivity contribution in [3.63, 3.8) is 0 Å². The minimum Gasteiger partial charge on any atom is -0.268 e. The SMILES string of the molecule is CSC(I)(N1CCCCC1)N1CCCCC1. The Morgan fingerprint density at radius 3 is 1.50 bits per heavy atom. The van der Waals surface area contributed by atoms with Gasteiger partial charge in [0.1, 0.15) is 0 Å². The smallest absolute Gasteiger partial charge is 0.175 e. The largest absolute Gasteiger partial charge is 0.268 e. The number of rotatable bonds is 3. The normalized spacial score (nSPS) is 25.9. The number of thioether (sulfide) groups is 1. The average Bonchev–Trinajstić information content (AvgIpc) is 2.40. The first-order chi connectivity index (χ1) is 7.77. The molecule has 2 rings (SSSR count). The maximum absolute atomic E-state index is 2.70. The van der Waals surface area contributed by atoms with Crippen molar-refractivity contribution in [3.8, 4) is 0 Å². The molecule has 2 aliphatic heterocycles. The summed E-state index contributed by atoms with van der Waals surface area (Å²) in [6, 6.07) is 0. The minimum absolute atomic E-state index is 0.235. The third kappa shape index (κ3) is 2.87. The molecule has 0 unspecified atom stereocenters. The van der Waals surface area contributed by atoms with Crippen LogP contribution in [0.25, 0.3) is 0 Å². The van der Waals surface area contributed by atoms with Gasteiger partial charge in [0.2, 0.25) is 0 Å². The lowest BCUT2D eigenvalue weighted by Gasteiger charge is -2.48. The first kappa shape index (κ1) is 13.4. The van der Waals surface area contributed by atoms with Crippen molar-refractivity contribution in [2.24, 2.45) is 0 Å². The molecule has 0 amide bonds. The van der Waals surface area contributed by atoms with Crippen LogP contribution in [0.15, 0.2) is 0 Å². The molecule has 2 fully saturated rings. The summed E-state index contributed by atoms with van der Waals surface area (Å²) < 4.78 is 0.235. The van der Waals surface area contributed by atoms with E-state index in [1.165, 1.54) is 64.7 Å². The van der Waals surface area contributed by atoms with Crippen LogP contribution < -0.4 is 0 Å². The van der Waals surface area contributed by atoms with Gasteiger partial charge in [-0.3, -0.25) is 9.80 Å². The van der Waals surface area contributed by atoms with Gasteiger partial charge in [0.15, 0.2) is 3.00 Å². The number of halogens is 1. The van der Waals surface area contributed by atoms with Crippen molar-refractivity contribution in [2.75, 3.05) is 32.4 Å². The molecule has 0 radical (unpaired) electrons. The molecule has 0 aromatic carbocycles. The third-order valence-electron chi connectivity index (χ3n) is 3.75. The topological polar surface area (TPSA) is 6.48 Å². The Morgan fingerprint density at radius 1 is 0.812 bits per heavy atom. The van der Waals surface area contributed by atoms with Crippen LogP contribution in [0.3, 0.4) is 0 Å². The number of nitrogens with zero attached hydrogens (tertiary/aromatic N) is 2. The highest BCUT2D eigenvalue weighted by atomic mass is 127. The van der Waals surface area contributed by atoms with E-state index < -0.39 is 0 Å². The molecule has 2 heterocycles. The monoisotopic (exact) mass is 354 g/mol. The van der Waals surface area contributed by atoms with E-state index >= 15 is 0 Å². The fraction of sp³-hybridized carbons (Fsp3) is 1.00. The van der Waals surface area contributed by atoms with Crippen molar-refractivity contribution in [3.05, 3.63) is 0 Å². The molecule has 4 heteroatoms. The number of hydrogen-bond donors (Lipinski definition) is 0. The van der Waals surface area contributed by atoms with Crippen LogP contribution in [0.4, 0.5) is 0 Å². The lowest BCUT2D eigenvalue weighted by Crippen LogP contribution is -2.56. The van der Waals surface area contributed by atoms with Crippen molar-refractivity contribution in [1.29, 1.82) is 0 Å². The highest BCUT2D eigenvalue weighted by molar-refractivity contribution is 14.1. The third-order valence-corrected chi connectivity index (χ3v) is 7.47. The molecule has 0 saturated carbocycles. The van der Waals surface area contributed by atoms with E-state index in [9.17, 15) is 0 Å². The summed E-state index contributed by atoms with van der Waals surface area (Å²) in [5, 5.41) is 0. The number of likely N-dealkylation sites (tertiary alicyclic amines) is 2. The number of hydrogen-bond acceptors (Lipinski definition) is 3. The zero-order valence-corrected chi connectivity index (χ0v) is 13.2. The lowest BCUT2D eigenvalue weighted by atomic mass is 10.1. The molecule has 0 spiro atoms. The van der Waals surface area contributed by atoms with Crippen LogP contribution in [0.5, 0.6) is 0 Å². The molecule has 0 atom stereocenters. The highest BCUT2D eigenvalue weighted by Gasteiger charge is 2.39. The first-order valence-electron chi connectivity index (χ1n) is 6.51. The summed E-state index contributed by atoms with van der Waals surface area (Å²) in [4.78, 5) is 5.40. The summed E-state index contributed by atoms with van der Waals surface area (Å²) in [6.07, 6.45) is 10.7. The fourth-order valence-corrected chi connectivity index (χ4v) is 4.64. The van der Waals surface area contributed by atoms with Crippen molar-refractivity contribution < 1.29 is 0 Å². The van der Waals surface area contributed by atoms with E-state index in [2.05, 4.69) is 38.6 Å². The molecule has 94 valence electrons. The highest BCUT2D eigenvalue weighted by Crippen LogP contribution is 2.41. The number of alkyl halides is 1. The Kier molecular flexibility index (Phi) is 5.25. The van der Waals surface area contributed by atoms with E-state index in [-0.39, 0.29) is 3.00 Å². The summed E-state index contributed by atoms with van der Waals surface area (Å²) in [6.45, 7) is 5.17. The summed E-state index contributed by atoms with van der Waals surface area (Å²) in [7, 11) is 0. The molecular formula is C12H23IN2S. The minimum atomic E-state index is 0.235. The second-order valence-corrected chi connectivity index (χ2v) is 8.04. The van der Waals surface area contributed by atoms with E-state index in [0.29, 0.717) is 0 Å². The van der Waals surface area contributed by atoms with Crippen molar-refractivity contribution in [1.82, 2.24) is 9.80 Å². The predicted molar refractivity (Wildman–Crippen MR) is 81.1 cm³/mol. The van der Waals surface area contributed by atoms with E-state index in [1.807, 2.05) is 11.8 Å². The zero-order chi connectivity index (χ0) is 11.4. The summed E-state index contributed by atoms with van der Waals surface area (Å²) >= 11 is 4.72. The fourth-order valence-electron chi connectivity index (χ4n) is 2.80. The van der Waals surface area contributed by atoms with Crippen molar-refractivity contribution >= 4 is 34.4 Å². The Bertz CT molecular complexity index is 195. The Balaban J connectivity index is 2.03. The van der Waals surface area contributed by atoms with E-state index in [1.54, 1.807) is 0 Å². The van der Waals surface area contributed by atoms with Gasteiger partial charge in [-0.05, 0) is 54.5 Å². The van der Waals surface area contributed by atoms with E-state index in [4.69, 9.17) is 0 Å².